The minimum Gasteiger partial charge on any atom is -0.332 e. The molecule has 1 aliphatic heterocycles. The van der Waals surface area contributed by atoms with E-state index in [0.29, 0.717) is 25.2 Å². The van der Waals surface area contributed by atoms with E-state index in [1.807, 2.05) is 55.5 Å². The Morgan fingerprint density at radius 2 is 1.93 bits per heavy atom. The van der Waals surface area contributed by atoms with Crippen LogP contribution < -0.4 is 0 Å². The largest absolute Gasteiger partial charge is 0.332 e. The Hall–Kier alpha value is -3.48. The van der Waals surface area contributed by atoms with E-state index in [0.717, 1.165) is 17.5 Å². The van der Waals surface area contributed by atoms with Gasteiger partial charge in [0.1, 0.15) is 5.69 Å². The van der Waals surface area contributed by atoms with Crippen LogP contribution in [0.3, 0.4) is 0 Å². The summed E-state index contributed by atoms with van der Waals surface area (Å²) in [7, 11) is 0. The first-order chi connectivity index (χ1) is 14.1. The summed E-state index contributed by atoms with van der Waals surface area (Å²) in [4.78, 5) is 26.1. The van der Waals surface area contributed by atoms with Crippen molar-refractivity contribution in [1.29, 1.82) is 0 Å². The minimum atomic E-state index is -0.506. The summed E-state index contributed by atoms with van der Waals surface area (Å²) < 4.78 is 0. The van der Waals surface area contributed by atoms with E-state index in [-0.39, 0.29) is 17.3 Å². The summed E-state index contributed by atoms with van der Waals surface area (Å²) in [5.41, 5.74) is 3.44. The molecule has 1 amide bonds. The molecule has 0 fully saturated rings. The average Bonchev–Trinajstić information content (AvgIpc) is 3.17. The number of fused-ring (bicyclic) bond motifs is 1. The number of amides is 1. The lowest BCUT2D eigenvalue weighted by Gasteiger charge is -2.34. The number of nitrogens with zero attached hydrogens (tertiary/aromatic N) is 3. The van der Waals surface area contributed by atoms with Gasteiger partial charge in [0.2, 0.25) is 5.69 Å². The van der Waals surface area contributed by atoms with Crippen molar-refractivity contribution >= 4 is 11.6 Å². The number of nitro groups is 1. The van der Waals surface area contributed by atoms with Gasteiger partial charge in [-0.2, -0.15) is 5.10 Å². The van der Waals surface area contributed by atoms with Crippen LogP contribution in [0.1, 0.15) is 52.1 Å². The molecular formula is C22H22N4O3. The van der Waals surface area contributed by atoms with E-state index in [2.05, 4.69) is 16.3 Å². The standard InChI is InChI=1S/C22H22N4O3/c1-2-8-19-21(26(28)29)20(24-23-19)22(27)25-13-16-11-6-7-12-17(16)18(14-25)15-9-4-3-5-10-15/h3-7,9-12,18H,2,8,13-14H2,1H3,(H,23,24)/t18-/m0/s1. The van der Waals surface area contributed by atoms with Gasteiger partial charge in [-0.1, -0.05) is 67.9 Å². The van der Waals surface area contributed by atoms with Crippen molar-refractivity contribution in [2.24, 2.45) is 0 Å². The number of hydrogen-bond acceptors (Lipinski definition) is 4. The average molecular weight is 390 g/mol. The van der Waals surface area contributed by atoms with E-state index >= 15 is 0 Å². The Labute approximate surface area is 168 Å². The van der Waals surface area contributed by atoms with Crippen LogP contribution in [-0.2, 0) is 13.0 Å². The maximum Gasteiger partial charge on any atom is 0.322 e. The quantitative estimate of drug-likeness (QED) is 0.525. The molecule has 2 heterocycles. The van der Waals surface area contributed by atoms with Crippen molar-refractivity contribution in [2.45, 2.75) is 32.2 Å². The highest BCUT2D eigenvalue weighted by molar-refractivity contribution is 5.96. The lowest BCUT2D eigenvalue weighted by atomic mass is 9.84. The molecule has 0 spiro atoms. The summed E-state index contributed by atoms with van der Waals surface area (Å²) in [6, 6.07) is 18.1. The molecule has 1 N–H and O–H groups in total. The maximum absolute atomic E-state index is 13.3. The predicted octanol–water partition coefficient (Wildman–Crippen LogP) is 4.06. The van der Waals surface area contributed by atoms with Crippen molar-refractivity contribution in [2.75, 3.05) is 6.54 Å². The highest BCUT2D eigenvalue weighted by Gasteiger charge is 2.35. The first-order valence-corrected chi connectivity index (χ1v) is 9.73. The Kier molecular flexibility index (Phi) is 5.12. The number of aryl methyl sites for hydroxylation is 1. The Morgan fingerprint density at radius 1 is 1.21 bits per heavy atom. The SMILES string of the molecule is CCCc1[nH]nc(C(=O)N2Cc3ccccc3[C@H](c3ccccc3)C2)c1[N+](=O)[O-]. The fourth-order valence-electron chi connectivity index (χ4n) is 4.02. The molecule has 29 heavy (non-hydrogen) atoms. The topological polar surface area (TPSA) is 92.1 Å². The molecule has 0 saturated carbocycles. The number of aromatic nitrogens is 2. The van der Waals surface area contributed by atoms with Crippen molar-refractivity contribution in [3.63, 3.8) is 0 Å². The van der Waals surface area contributed by atoms with E-state index < -0.39 is 10.8 Å². The monoisotopic (exact) mass is 390 g/mol. The molecule has 1 aromatic heterocycles. The Morgan fingerprint density at radius 3 is 2.66 bits per heavy atom. The molecule has 0 unspecified atom stereocenters. The molecule has 0 saturated heterocycles. The third-order valence-electron chi connectivity index (χ3n) is 5.38. The van der Waals surface area contributed by atoms with Crippen molar-refractivity contribution in [3.8, 4) is 0 Å². The first-order valence-electron chi connectivity index (χ1n) is 9.73. The summed E-state index contributed by atoms with van der Waals surface area (Å²) >= 11 is 0. The molecule has 0 bridgehead atoms. The molecule has 0 aliphatic carbocycles. The van der Waals surface area contributed by atoms with Crippen LogP contribution in [0.2, 0.25) is 0 Å². The summed E-state index contributed by atoms with van der Waals surface area (Å²) in [5.74, 6) is -0.399. The molecule has 7 heteroatoms. The number of benzene rings is 2. The fraction of sp³-hybridized carbons (Fsp3) is 0.273. The summed E-state index contributed by atoms with van der Waals surface area (Å²) in [5, 5.41) is 18.4. The fourth-order valence-corrected chi connectivity index (χ4v) is 4.02. The third kappa shape index (κ3) is 3.51. The van der Waals surface area contributed by atoms with Gasteiger partial charge >= 0.3 is 5.69 Å². The number of hydrogen-bond donors (Lipinski definition) is 1. The van der Waals surface area contributed by atoms with Crippen LogP contribution in [0.4, 0.5) is 5.69 Å². The van der Waals surface area contributed by atoms with E-state index in [9.17, 15) is 14.9 Å². The molecule has 0 radical (unpaired) electrons. The van der Waals surface area contributed by atoms with E-state index in [4.69, 9.17) is 0 Å². The molecule has 1 atom stereocenters. The van der Waals surface area contributed by atoms with Crippen molar-refractivity contribution in [1.82, 2.24) is 15.1 Å². The van der Waals surface area contributed by atoms with Crippen LogP contribution in [0.15, 0.2) is 54.6 Å². The van der Waals surface area contributed by atoms with E-state index in [1.54, 1.807) is 4.90 Å². The maximum atomic E-state index is 13.3. The number of aromatic amines is 1. The molecule has 7 nitrogen and oxygen atoms in total. The third-order valence-corrected chi connectivity index (χ3v) is 5.38. The molecule has 3 aromatic rings. The van der Waals surface area contributed by atoms with Gasteiger partial charge in [0, 0.05) is 19.0 Å². The highest BCUT2D eigenvalue weighted by atomic mass is 16.6. The highest BCUT2D eigenvalue weighted by Crippen LogP contribution is 2.35. The predicted molar refractivity (Wildman–Crippen MR) is 109 cm³/mol. The van der Waals surface area contributed by atoms with Crippen LogP contribution in [0.5, 0.6) is 0 Å². The zero-order valence-corrected chi connectivity index (χ0v) is 16.2. The Balaban J connectivity index is 1.72. The molecule has 2 aromatic carbocycles. The summed E-state index contributed by atoms with van der Waals surface area (Å²) in [6.07, 6.45) is 1.20. The smallest absolute Gasteiger partial charge is 0.322 e. The second-order valence-corrected chi connectivity index (χ2v) is 7.25. The number of rotatable bonds is 5. The number of carbonyl (C=O) groups excluding carboxylic acids is 1. The van der Waals surface area contributed by atoms with Crippen molar-refractivity contribution in [3.05, 3.63) is 92.8 Å². The van der Waals surface area contributed by atoms with Gasteiger partial charge in [0.25, 0.3) is 5.91 Å². The summed E-state index contributed by atoms with van der Waals surface area (Å²) in [6.45, 7) is 2.79. The number of carbonyl (C=O) groups is 1. The molecule has 4 rings (SSSR count). The second kappa shape index (κ2) is 7.87. The minimum absolute atomic E-state index is 0.0122. The van der Waals surface area contributed by atoms with Crippen LogP contribution in [-0.4, -0.2) is 32.5 Å². The van der Waals surface area contributed by atoms with Gasteiger partial charge in [-0.3, -0.25) is 20.0 Å². The van der Waals surface area contributed by atoms with Crippen LogP contribution in [0, 0.1) is 10.1 Å². The van der Waals surface area contributed by atoms with Gasteiger partial charge in [-0.15, -0.1) is 0 Å². The van der Waals surface area contributed by atoms with Gasteiger partial charge in [-0.05, 0) is 23.1 Å². The molecule has 1 aliphatic rings. The number of nitrogens with one attached hydrogen (secondary N) is 1. The van der Waals surface area contributed by atoms with Gasteiger partial charge < -0.3 is 4.90 Å². The molecule has 148 valence electrons. The number of H-pyrrole nitrogens is 1. The zero-order valence-electron chi connectivity index (χ0n) is 16.2. The first kappa shape index (κ1) is 18.9. The normalized spacial score (nSPS) is 15.8. The lowest BCUT2D eigenvalue weighted by molar-refractivity contribution is -0.385. The Bertz CT molecular complexity index is 1050. The molecular weight excluding hydrogens is 368 g/mol. The van der Waals surface area contributed by atoms with Gasteiger partial charge in [0.05, 0.1) is 4.92 Å². The van der Waals surface area contributed by atoms with Gasteiger partial charge in [-0.25, -0.2) is 0 Å². The van der Waals surface area contributed by atoms with Crippen LogP contribution >= 0.6 is 0 Å². The van der Waals surface area contributed by atoms with Crippen molar-refractivity contribution < 1.29 is 9.72 Å². The van der Waals surface area contributed by atoms with Crippen LogP contribution in [0.25, 0.3) is 0 Å². The second-order valence-electron chi connectivity index (χ2n) is 7.25. The van der Waals surface area contributed by atoms with Gasteiger partial charge in [0.15, 0.2) is 0 Å². The van der Waals surface area contributed by atoms with E-state index in [1.165, 1.54) is 5.56 Å². The zero-order chi connectivity index (χ0) is 20.4. The lowest BCUT2D eigenvalue weighted by Crippen LogP contribution is -2.39.